The summed E-state index contributed by atoms with van der Waals surface area (Å²) in [5.41, 5.74) is -0.524. The summed E-state index contributed by atoms with van der Waals surface area (Å²) in [6.07, 6.45) is -0.527. The smallest absolute Gasteiger partial charge is 0.414 e. The highest BCUT2D eigenvalue weighted by Crippen LogP contribution is 2.38. The van der Waals surface area contributed by atoms with Crippen molar-refractivity contribution in [2.45, 2.75) is 66.6 Å². The molecule has 1 heterocycles. The Labute approximate surface area is 250 Å². The van der Waals surface area contributed by atoms with E-state index in [0.29, 0.717) is 50.8 Å². The fourth-order valence-electron chi connectivity index (χ4n) is 4.85. The Hall–Kier alpha value is -3.37. The van der Waals surface area contributed by atoms with E-state index < -0.39 is 23.3 Å². The number of hydrogen-bond acceptors (Lipinski definition) is 7. The lowest BCUT2D eigenvalue weighted by atomic mass is 10.0. The third-order valence-electron chi connectivity index (χ3n) is 6.77. The summed E-state index contributed by atoms with van der Waals surface area (Å²) < 4.78 is 17.1. The Kier molecular flexibility index (Phi) is 11.2. The Balaban J connectivity index is 2.21. The molecule has 0 aromatic heterocycles. The largest absolute Gasteiger partial charge is 0.459 e. The van der Waals surface area contributed by atoms with E-state index in [1.807, 2.05) is 65.0 Å². The summed E-state index contributed by atoms with van der Waals surface area (Å²) in [5.74, 6) is -0.542. The molecule has 0 N–H and O–H groups in total. The summed E-state index contributed by atoms with van der Waals surface area (Å²) >= 11 is 0. The van der Waals surface area contributed by atoms with Crippen LogP contribution >= 0.6 is 0 Å². The monoisotopic (exact) mass is 584 g/mol. The number of ether oxygens (including phenoxy) is 3. The molecular formula is C32H48N4O6. The summed E-state index contributed by atoms with van der Waals surface area (Å²) in [6, 6.07) is 11.1. The lowest BCUT2D eigenvalue weighted by molar-refractivity contribution is -0.152. The van der Waals surface area contributed by atoms with E-state index in [1.165, 1.54) is 4.90 Å². The first-order chi connectivity index (χ1) is 19.7. The van der Waals surface area contributed by atoms with Gasteiger partial charge in [0, 0.05) is 44.7 Å². The van der Waals surface area contributed by atoms with Crippen LogP contribution in [0, 0.1) is 0 Å². The maximum absolute atomic E-state index is 14.0. The molecule has 0 atom stereocenters. The number of esters is 1. The van der Waals surface area contributed by atoms with Crippen molar-refractivity contribution in [3.63, 3.8) is 0 Å². The number of urea groups is 1. The zero-order chi connectivity index (χ0) is 31.1. The fraction of sp³-hybridized carbons (Fsp3) is 0.594. The number of morpholine rings is 1. The van der Waals surface area contributed by atoms with Crippen molar-refractivity contribution >= 4 is 40.2 Å². The summed E-state index contributed by atoms with van der Waals surface area (Å²) in [4.78, 5) is 48.0. The van der Waals surface area contributed by atoms with Crippen LogP contribution in [0.1, 0.15) is 55.4 Å². The number of benzene rings is 2. The molecule has 0 radical (unpaired) electrons. The summed E-state index contributed by atoms with van der Waals surface area (Å²) in [5, 5.41) is 1.66. The van der Waals surface area contributed by atoms with Crippen LogP contribution in [0.25, 0.3) is 10.8 Å². The lowest BCUT2D eigenvalue weighted by Crippen LogP contribution is -2.48. The van der Waals surface area contributed by atoms with Crippen LogP contribution in [0.2, 0.25) is 0 Å². The predicted molar refractivity (Wildman–Crippen MR) is 166 cm³/mol. The molecule has 232 valence electrons. The highest BCUT2D eigenvalue weighted by molar-refractivity contribution is 6.11. The second kappa shape index (κ2) is 14.2. The topological polar surface area (TPSA) is 91.9 Å². The van der Waals surface area contributed by atoms with Crippen LogP contribution in [-0.2, 0) is 19.0 Å². The molecule has 10 heteroatoms. The maximum atomic E-state index is 14.0. The SMILES string of the molecule is CCN(CC)C(=O)N(CC(=O)OC(C)(C)C)c1ccc2ccccc2c1N(CCN1CCOCC1)C(=O)OC(C)(C)C. The Morgan fingerprint density at radius 1 is 0.857 bits per heavy atom. The van der Waals surface area contributed by atoms with Gasteiger partial charge in [-0.3, -0.25) is 19.5 Å². The van der Waals surface area contributed by atoms with Gasteiger partial charge >= 0.3 is 18.1 Å². The van der Waals surface area contributed by atoms with E-state index in [0.717, 1.165) is 23.9 Å². The predicted octanol–water partition coefficient (Wildman–Crippen LogP) is 5.52. The molecule has 2 aromatic carbocycles. The highest BCUT2D eigenvalue weighted by Gasteiger charge is 2.33. The summed E-state index contributed by atoms with van der Waals surface area (Å²) in [6.45, 7) is 18.9. The molecule has 0 spiro atoms. The van der Waals surface area contributed by atoms with Crippen LogP contribution in [0.15, 0.2) is 36.4 Å². The van der Waals surface area contributed by atoms with Crippen molar-refractivity contribution in [3.8, 4) is 0 Å². The molecule has 1 saturated heterocycles. The van der Waals surface area contributed by atoms with Gasteiger partial charge < -0.3 is 19.1 Å². The number of carbonyl (C=O) groups excluding carboxylic acids is 3. The van der Waals surface area contributed by atoms with Gasteiger partial charge in [-0.15, -0.1) is 0 Å². The van der Waals surface area contributed by atoms with Crippen LogP contribution in [-0.4, -0.2) is 98.1 Å². The number of anilines is 2. The summed E-state index contributed by atoms with van der Waals surface area (Å²) in [7, 11) is 0. The zero-order valence-electron chi connectivity index (χ0n) is 26.6. The number of rotatable bonds is 9. The number of amides is 3. The molecule has 42 heavy (non-hydrogen) atoms. The molecule has 0 aliphatic carbocycles. The minimum absolute atomic E-state index is 0.315. The van der Waals surface area contributed by atoms with E-state index in [-0.39, 0.29) is 12.6 Å². The molecule has 10 nitrogen and oxygen atoms in total. The first-order valence-electron chi connectivity index (χ1n) is 14.8. The minimum Gasteiger partial charge on any atom is -0.459 e. The van der Waals surface area contributed by atoms with E-state index in [9.17, 15) is 14.4 Å². The maximum Gasteiger partial charge on any atom is 0.414 e. The number of nitrogens with zero attached hydrogens (tertiary/aromatic N) is 4. The van der Waals surface area contributed by atoms with Crippen LogP contribution in [0.4, 0.5) is 21.0 Å². The first-order valence-corrected chi connectivity index (χ1v) is 14.8. The highest BCUT2D eigenvalue weighted by atomic mass is 16.6. The van der Waals surface area contributed by atoms with Gasteiger partial charge in [0.15, 0.2) is 0 Å². The Morgan fingerprint density at radius 3 is 2.07 bits per heavy atom. The number of hydrogen-bond donors (Lipinski definition) is 0. The van der Waals surface area contributed by atoms with E-state index in [2.05, 4.69) is 4.90 Å². The van der Waals surface area contributed by atoms with Gasteiger partial charge in [-0.2, -0.15) is 0 Å². The second-order valence-electron chi connectivity index (χ2n) is 12.4. The average Bonchev–Trinajstić information content (AvgIpc) is 2.91. The molecule has 0 bridgehead atoms. The molecule has 2 aromatic rings. The van der Waals surface area contributed by atoms with E-state index in [1.54, 1.807) is 36.6 Å². The van der Waals surface area contributed by atoms with Gasteiger partial charge in [0.1, 0.15) is 17.7 Å². The number of carbonyl (C=O) groups is 3. The Morgan fingerprint density at radius 2 is 1.48 bits per heavy atom. The molecule has 3 amide bonds. The van der Waals surface area contributed by atoms with E-state index in [4.69, 9.17) is 14.2 Å². The van der Waals surface area contributed by atoms with Crippen molar-refractivity contribution in [1.82, 2.24) is 9.80 Å². The fourth-order valence-corrected chi connectivity index (χ4v) is 4.85. The molecule has 1 fully saturated rings. The quantitative estimate of drug-likeness (QED) is 0.358. The van der Waals surface area contributed by atoms with Crippen LogP contribution < -0.4 is 9.80 Å². The van der Waals surface area contributed by atoms with Gasteiger partial charge in [0.2, 0.25) is 0 Å². The van der Waals surface area contributed by atoms with Gasteiger partial charge in [-0.05, 0) is 66.8 Å². The van der Waals surface area contributed by atoms with Gasteiger partial charge in [-0.25, -0.2) is 9.59 Å². The van der Waals surface area contributed by atoms with Gasteiger partial charge in [0.25, 0.3) is 0 Å². The average molecular weight is 585 g/mol. The minimum atomic E-state index is -0.744. The second-order valence-corrected chi connectivity index (χ2v) is 12.4. The molecule has 1 aliphatic rings. The van der Waals surface area contributed by atoms with Gasteiger partial charge in [0.05, 0.1) is 24.6 Å². The third kappa shape index (κ3) is 9.06. The molecule has 3 rings (SSSR count). The molecule has 1 aliphatic heterocycles. The third-order valence-corrected chi connectivity index (χ3v) is 6.77. The zero-order valence-corrected chi connectivity index (χ0v) is 26.6. The van der Waals surface area contributed by atoms with Crippen molar-refractivity contribution in [1.29, 1.82) is 0 Å². The molecule has 0 saturated carbocycles. The van der Waals surface area contributed by atoms with Crippen molar-refractivity contribution in [2.24, 2.45) is 0 Å². The molecule has 0 unspecified atom stereocenters. The normalized spacial score (nSPS) is 14.4. The van der Waals surface area contributed by atoms with Crippen LogP contribution in [0.3, 0.4) is 0 Å². The number of fused-ring (bicyclic) bond motifs is 1. The molecular weight excluding hydrogens is 536 g/mol. The lowest BCUT2D eigenvalue weighted by Gasteiger charge is -2.36. The Bertz CT molecular complexity index is 1230. The van der Waals surface area contributed by atoms with Crippen molar-refractivity contribution in [3.05, 3.63) is 36.4 Å². The van der Waals surface area contributed by atoms with E-state index >= 15 is 0 Å². The standard InChI is InChI=1S/C32H48N4O6/c1-9-34(10-2)29(38)36(23-27(37)41-31(3,4)5)26-16-15-24-13-11-12-14-25(24)28(26)35(30(39)42-32(6,7)8)18-17-33-19-21-40-22-20-33/h11-16H,9-10,17-23H2,1-8H3. The van der Waals surface area contributed by atoms with Crippen molar-refractivity contribution in [2.75, 3.05) is 68.8 Å². The first kappa shape index (κ1) is 33.1. The van der Waals surface area contributed by atoms with Crippen LogP contribution in [0.5, 0.6) is 0 Å². The van der Waals surface area contributed by atoms with Crippen molar-refractivity contribution < 1.29 is 28.6 Å². The van der Waals surface area contributed by atoms with Gasteiger partial charge in [-0.1, -0.05) is 30.3 Å².